The summed E-state index contributed by atoms with van der Waals surface area (Å²) < 4.78 is 17.2. The van der Waals surface area contributed by atoms with Gasteiger partial charge in [-0.25, -0.2) is 0 Å². The average molecular weight is 210 g/mol. The summed E-state index contributed by atoms with van der Waals surface area (Å²) >= 11 is 0. The summed E-state index contributed by atoms with van der Waals surface area (Å²) in [6, 6.07) is 8.92. The van der Waals surface area contributed by atoms with Crippen LogP contribution in [0.25, 0.3) is 0 Å². The molecule has 1 fully saturated rings. The fourth-order valence-electron chi connectivity index (χ4n) is 1.52. The summed E-state index contributed by atoms with van der Waals surface area (Å²) in [5, 5.41) is 0.637. The quantitative estimate of drug-likeness (QED) is 0.663. The van der Waals surface area contributed by atoms with Crippen LogP contribution in [0.15, 0.2) is 30.3 Å². The zero-order valence-electron chi connectivity index (χ0n) is 7.84. The van der Waals surface area contributed by atoms with E-state index in [2.05, 4.69) is 0 Å². The molecule has 0 spiro atoms. The maximum absolute atomic E-state index is 12.2. The van der Waals surface area contributed by atoms with Crippen molar-refractivity contribution in [1.29, 1.82) is 0 Å². The molecule has 1 heterocycles. The third kappa shape index (κ3) is 1.48. The molecule has 1 aliphatic heterocycles. The third-order valence-electron chi connectivity index (χ3n) is 2.30. The van der Waals surface area contributed by atoms with Crippen molar-refractivity contribution >= 4 is 18.6 Å². The molecular formula is C10H11O3P. The molecule has 0 radical (unpaired) electrons. The lowest BCUT2D eigenvalue weighted by Crippen LogP contribution is -2.05. The van der Waals surface area contributed by atoms with E-state index in [4.69, 9.17) is 4.52 Å². The lowest BCUT2D eigenvalue weighted by molar-refractivity contribution is -0.135. The maximum atomic E-state index is 12.2. The zero-order valence-corrected chi connectivity index (χ0v) is 8.74. The Morgan fingerprint density at radius 2 is 2.00 bits per heavy atom. The second-order valence-corrected chi connectivity index (χ2v) is 5.91. The Labute approximate surface area is 82.5 Å². The van der Waals surface area contributed by atoms with Crippen molar-refractivity contribution < 1.29 is 13.9 Å². The number of hydrogen-bond acceptors (Lipinski definition) is 3. The summed E-state index contributed by atoms with van der Waals surface area (Å²) in [6.45, 7) is 1.74. The van der Waals surface area contributed by atoms with Gasteiger partial charge in [0.15, 0.2) is 0 Å². The van der Waals surface area contributed by atoms with E-state index in [1.165, 1.54) is 0 Å². The molecule has 2 unspecified atom stereocenters. The van der Waals surface area contributed by atoms with Crippen molar-refractivity contribution in [2.75, 3.05) is 6.16 Å². The zero-order chi connectivity index (χ0) is 10.2. The summed E-state index contributed by atoms with van der Waals surface area (Å²) in [5.41, 5.74) is 0. The van der Waals surface area contributed by atoms with Gasteiger partial charge in [-0.15, -0.1) is 0 Å². The first-order valence-corrected chi connectivity index (χ1v) is 6.31. The Morgan fingerprint density at radius 3 is 2.50 bits per heavy atom. The van der Waals surface area contributed by atoms with E-state index in [9.17, 15) is 9.36 Å². The van der Waals surface area contributed by atoms with Crippen molar-refractivity contribution in [1.82, 2.24) is 0 Å². The highest BCUT2D eigenvalue weighted by molar-refractivity contribution is 7.67. The monoisotopic (exact) mass is 210 g/mol. The highest BCUT2D eigenvalue weighted by atomic mass is 31.2. The fraction of sp³-hybridized carbons (Fsp3) is 0.300. The third-order valence-corrected chi connectivity index (χ3v) is 4.89. The molecule has 2 atom stereocenters. The van der Waals surface area contributed by atoms with E-state index < -0.39 is 7.37 Å². The van der Waals surface area contributed by atoms with Crippen molar-refractivity contribution in [3.63, 3.8) is 0 Å². The van der Waals surface area contributed by atoms with E-state index in [-0.39, 0.29) is 11.9 Å². The molecule has 0 amide bonds. The second-order valence-electron chi connectivity index (χ2n) is 3.50. The smallest absolute Gasteiger partial charge is 0.314 e. The molecule has 0 aliphatic carbocycles. The van der Waals surface area contributed by atoms with Gasteiger partial charge in [0.05, 0.1) is 12.1 Å². The van der Waals surface area contributed by atoms with Crippen LogP contribution in [0.3, 0.4) is 0 Å². The van der Waals surface area contributed by atoms with E-state index in [0.717, 1.165) is 0 Å². The van der Waals surface area contributed by atoms with E-state index in [0.29, 0.717) is 11.5 Å². The average Bonchev–Trinajstić information content (AvgIpc) is 2.44. The highest BCUT2D eigenvalue weighted by Crippen LogP contribution is 2.52. The van der Waals surface area contributed by atoms with Gasteiger partial charge in [-0.05, 0) is 12.1 Å². The fourth-order valence-corrected chi connectivity index (χ4v) is 3.88. The van der Waals surface area contributed by atoms with Gasteiger partial charge in [0.2, 0.25) is 0 Å². The van der Waals surface area contributed by atoms with Crippen molar-refractivity contribution in [3.8, 4) is 0 Å². The summed E-state index contributed by atoms with van der Waals surface area (Å²) in [4.78, 5) is 11.2. The van der Waals surface area contributed by atoms with E-state index in [1.807, 2.05) is 6.07 Å². The number of carbonyl (C=O) groups is 1. The summed E-state index contributed by atoms with van der Waals surface area (Å²) in [7, 11) is -2.88. The maximum Gasteiger partial charge on any atom is 0.314 e. The number of rotatable bonds is 1. The Morgan fingerprint density at radius 1 is 1.36 bits per heavy atom. The molecule has 1 aliphatic rings. The van der Waals surface area contributed by atoms with E-state index in [1.54, 1.807) is 31.2 Å². The largest absolute Gasteiger partial charge is 0.408 e. The SMILES string of the molecule is CC1CP(=O)(c2ccccc2)OC1=O. The van der Waals surface area contributed by atoms with Crippen LogP contribution in [0.1, 0.15) is 6.92 Å². The van der Waals surface area contributed by atoms with Crippen molar-refractivity contribution in [2.45, 2.75) is 6.92 Å². The molecule has 1 aromatic rings. The van der Waals surface area contributed by atoms with Crippen molar-refractivity contribution in [2.24, 2.45) is 5.92 Å². The van der Waals surface area contributed by atoms with Gasteiger partial charge < -0.3 is 4.52 Å². The molecule has 0 saturated carbocycles. The number of benzene rings is 1. The van der Waals surface area contributed by atoms with Crippen LogP contribution in [-0.4, -0.2) is 12.1 Å². The molecule has 0 aromatic heterocycles. The molecule has 2 rings (SSSR count). The molecule has 0 N–H and O–H groups in total. The normalized spacial score (nSPS) is 31.5. The Balaban J connectivity index is 2.37. The summed E-state index contributed by atoms with van der Waals surface area (Å²) in [6.07, 6.45) is 0.329. The molecule has 14 heavy (non-hydrogen) atoms. The van der Waals surface area contributed by atoms with Gasteiger partial charge in [-0.2, -0.15) is 0 Å². The van der Waals surface area contributed by atoms with Crippen LogP contribution in [0, 0.1) is 5.92 Å². The molecular weight excluding hydrogens is 199 g/mol. The minimum absolute atomic E-state index is 0.249. The minimum Gasteiger partial charge on any atom is -0.408 e. The van der Waals surface area contributed by atoms with Gasteiger partial charge in [-0.3, -0.25) is 9.36 Å². The van der Waals surface area contributed by atoms with E-state index >= 15 is 0 Å². The number of carbonyl (C=O) groups excluding carboxylic acids is 1. The Hall–Kier alpha value is -1.08. The molecule has 74 valence electrons. The molecule has 3 nitrogen and oxygen atoms in total. The van der Waals surface area contributed by atoms with Crippen LogP contribution in [0.2, 0.25) is 0 Å². The Bertz CT molecular complexity index is 399. The summed E-state index contributed by atoms with van der Waals surface area (Å²) in [5.74, 6) is -0.599. The lowest BCUT2D eigenvalue weighted by atomic mass is 10.2. The second kappa shape index (κ2) is 3.25. The topological polar surface area (TPSA) is 43.4 Å². The van der Waals surface area contributed by atoms with Crippen LogP contribution in [0.5, 0.6) is 0 Å². The molecule has 4 heteroatoms. The first-order valence-electron chi connectivity index (χ1n) is 4.50. The molecule has 1 saturated heterocycles. The van der Waals surface area contributed by atoms with Gasteiger partial charge in [-0.1, -0.05) is 25.1 Å². The lowest BCUT2D eigenvalue weighted by Gasteiger charge is -2.09. The number of hydrogen-bond donors (Lipinski definition) is 0. The van der Waals surface area contributed by atoms with Gasteiger partial charge in [0.1, 0.15) is 0 Å². The van der Waals surface area contributed by atoms with Gasteiger partial charge in [0, 0.05) is 5.30 Å². The van der Waals surface area contributed by atoms with Gasteiger partial charge in [0.25, 0.3) is 7.37 Å². The molecule has 1 aromatic carbocycles. The van der Waals surface area contributed by atoms with Crippen LogP contribution in [0.4, 0.5) is 0 Å². The first-order chi connectivity index (χ1) is 6.62. The van der Waals surface area contributed by atoms with Crippen LogP contribution >= 0.6 is 7.37 Å². The Kier molecular flexibility index (Phi) is 2.20. The van der Waals surface area contributed by atoms with Crippen LogP contribution in [-0.2, 0) is 13.9 Å². The van der Waals surface area contributed by atoms with Gasteiger partial charge >= 0.3 is 5.97 Å². The predicted octanol–water partition coefficient (Wildman–Crippen LogP) is 1.78. The highest BCUT2D eigenvalue weighted by Gasteiger charge is 2.41. The predicted molar refractivity (Wildman–Crippen MR) is 53.8 cm³/mol. The standard InChI is InChI=1S/C10H11O3P/c1-8-7-14(12,13-10(8)11)9-5-3-2-4-6-9/h2-6,8H,7H2,1H3. The first kappa shape index (κ1) is 9.47. The molecule has 0 bridgehead atoms. The minimum atomic E-state index is -2.88. The van der Waals surface area contributed by atoms with Crippen molar-refractivity contribution in [3.05, 3.63) is 30.3 Å². The van der Waals surface area contributed by atoms with Crippen LogP contribution < -0.4 is 5.30 Å².